The third-order valence-electron chi connectivity index (χ3n) is 5.26. The van der Waals surface area contributed by atoms with Gasteiger partial charge in [0.15, 0.2) is 0 Å². The second kappa shape index (κ2) is 12.0. The van der Waals surface area contributed by atoms with Crippen LogP contribution in [-0.2, 0) is 16.1 Å². The second-order valence-electron chi connectivity index (χ2n) is 7.70. The van der Waals surface area contributed by atoms with Crippen molar-refractivity contribution in [1.29, 1.82) is 0 Å². The molecule has 2 aromatic carbocycles. The van der Waals surface area contributed by atoms with E-state index >= 15 is 0 Å². The van der Waals surface area contributed by atoms with Crippen LogP contribution >= 0.6 is 0 Å². The van der Waals surface area contributed by atoms with Gasteiger partial charge in [0.25, 0.3) is 0 Å². The monoisotopic (exact) mass is 411 g/mol. The zero-order valence-corrected chi connectivity index (χ0v) is 18.3. The number of benzene rings is 2. The van der Waals surface area contributed by atoms with Gasteiger partial charge in [0.1, 0.15) is 12.6 Å². The number of amides is 2. The SMILES string of the molecule is CC[C@H](C)[C@@H](NC(=O)OCc1ccccc1)C(=O)NC[C@@H](c1ccccc1)N(C)C. The van der Waals surface area contributed by atoms with Gasteiger partial charge >= 0.3 is 6.09 Å². The first kappa shape index (κ1) is 23.4. The highest BCUT2D eigenvalue weighted by molar-refractivity contribution is 5.85. The lowest BCUT2D eigenvalue weighted by Crippen LogP contribution is -2.51. The lowest BCUT2D eigenvalue weighted by molar-refractivity contribution is -0.124. The maximum absolute atomic E-state index is 12.9. The van der Waals surface area contributed by atoms with Gasteiger partial charge in [0.2, 0.25) is 5.91 Å². The molecule has 0 saturated heterocycles. The Labute approximate surface area is 179 Å². The van der Waals surface area contributed by atoms with E-state index in [4.69, 9.17) is 4.74 Å². The van der Waals surface area contributed by atoms with Gasteiger partial charge in [-0.05, 0) is 31.1 Å². The van der Waals surface area contributed by atoms with E-state index in [1.54, 1.807) is 0 Å². The Hall–Kier alpha value is -2.86. The van der Waals surface area contributed by atoms with Gasteiger partial charge in [-0.3, -0.25) is 4.79 Å². The first-order chi connectivity index (χ1) is 14.4. The van der Waals surface area contributed by atoms with E-state index in [1.807, 2.05) is 88.6 Å². The Bertz CT molecular complexity index is 781. The number of ether oxygens (including phenoxy) is 1. The summed E-state index contributed by atoms with van der Waals surface area (Å²) in [5.41, 5.74) is 2.02. The van der Waals surface area contributed by atoms with E-state index in [-0.39, 0.29) is 24.5 Å². The number of hydrogen-bond acceptors (Lipinski definition) is 4. The van der Waals surface area contributed by atoms with Gasteiger partial charge in [0, 0.05) is 6.54 Å². The van der Waals surface area contributed by atoms with E-state index < -0.39 is 12.1 Å². The van der Waals surface area contributed by atoms with Crippen molar-refractivity contribution in [3.63, 3.8) is 0 Å². The Kier molecular flexibility index (Phi) is 9.35. The van der Waals surface area contributed by atoms with Crippen LogP contribution < -0.4 is 10.6 Å². The molecule has 0 unspecified atom stereocenters. The van der Waals surface area contributed by atoms with E-state index in [1.165, 1.54) is 0 Å². The number of carbonyl (C=O) groups excluding carboxylic acids is 2. The van der Waals surface area contributed by atoms with Gasteiger partial charge in [-0.2, -0.15) is 0 Å². The molecule has 2 rings (SSSR count). The molecule has 6 nitrogen and oxygen atoms in total. The Morgan fingerprint density at radius 3 is 2.17 bits per heavy atom. The van der Waals surface area contributed by atoms with E-state index in [0.717, 1.165) is 17.5 Å². The summed E-state index contributed by atoms with van der Waals surface area (Å²) >= 11 is 0. The summed E-state index contributed by atoms with van der Waals surface area (Å²) < 4.78 is 5.30. The molecule has 0 aliphatic carbocycles. The zero-order valence-electron chi connectivity index (χ0n) is 18.3. The van der Waals surface area contributed by atoms with Crippen molar-refractivity contribution in [1.82, 2.24) is 15.5 Å². The molecule has 0 radical (unpaired) electrons. The summed E-state index contributed by atoms with van der Waals surface area (Å²) in [4.78, 5) is 27.3. The molecule has 30 heavy (non-hydrogen) atoms. The number of alkyl carbamates (subject to hydrolysis) is 1. The lowest BCUT2D eigenvalue weighted by atomic mass is 9.98. The van der Waals surface area contributed by atoms with E-state index in [9.17, 15) is 9.59 Å². The predicted octanol–water partition coefficient (Wildman–Crippen LogP) is 3.75. The number of likely N-dealkylation sites (N-methyl/N-ethyl adjacent to an activating group) is 1. The Balaban J connectivity index is 1.96. The first-order valence-electron chi connectivity index (χ1n) is 10.4. The first-order valence-corrected chi connectivity index (χ1v) is 10.4. The molecule has 6 heteroatoms. The lowest BCUT2D eigenvalue weighted by Gasteiger charge is -2.28. The highest BCUT2D eigenvalue weighted by Crippen LogP contribution is 2.17. The minimum atomic E-state index is -0.656. The van der Waals surface area contributed by atoms with Crippen LogP contribution in [0.25, 0.3) is 0 Å². The average Bonchev–Trinajstić information content (AvgIpc) is 2.76. The summed E-state index contributed by atoms with van der Waals surface area (Å²) in [5.74, 6) is -0.229. The van der Waals surface area contributed by atoms with Crippen LogP contribution in [0.2, 0.25) is 0 Å². The minimum absolute atomic E-state index is 0.0243. The third kappa shape index (κ3) is 7.19. The number of nitrogens with zero attached hydrogens (tertiary/aromatic N) is 1. The number of rotatable bonds is 10. The average molecular weight is 412 g/mol. The van der Waals surface area contributed by atoms with E-state index in [0.29, 0.717) is 6.54 Å². The quantitative estimate of drug-likeness (QED) is 0.625. The van der Waals surface area contributed by atoms with Crippen molar-refractivity contribution in [3.05, 3.63) is 71.8 Å². The van der Waals surface area contributed by atoms with Gasteiger partial charge < -0.3 is 20.3 Å². The number of nitrogens with one attached hydrogen (secondary N) is 2. The molecule has 0 aliphatic heterocycles. The molecule has 3 atom stereocenters. The molecule has 0 aliphatic rings. The molecular formula is C24H33N3O3. The summed E-state index contributed by atoms with van der Waals surface area (Å²) in [7, 11) is 3.96. The van der Waals surface area contributed by atoms with Crippen molar-refractivity contribution < 1.29 is 14.3 Å². The van der Waals surface area contributed by atoms with Crippen molar-refractivity contribution in [3.8, 4) is 0 Å². The predicted molar refractivity (Wildman–Crippen MR) is 119 cm³/mol. The fourth-order valence-electron chi connectivity index (χ4n) is 3.17. The van der Waals surface area contributed by atoms with Gasteiger partial charge in [-0.15, -0.1) is 0 Å². The largest absolute Gasteiger partial charge is 0.445 e. The molecule has 0 spiro atoms. The summed E-state index contributed by atoms with van der Waals surface area (Å²) in [6.45, 7) is 4.55. The van der Waals surface area contributed by atoms with Crippen LogP contribution in [-0.4, -0.2) is 43.6 Å². The molecule has 0 saturated carbocycles. The standard InChI is InChI=1S/C24H33N3O3/c1-5-18(2)22(26-24(29)30-17-19-12-8-6-9-13-19)23(28)25-16-21(27(3)4)20-14-10-7-11-15-20/h6-15,18,21-22H,5,16-17H2,1-4H3,(H,25,28)(H,26,29)/t18-,21-,22+/m0/s1. The van der Waals surface area contributed by atoms with Gasteiger partial charge in [-0.25, -0.2) is 4.79 Å². The molecule has 0 bridgehead atoms. The number of hydrogen-bond donors (Lipinski definition) is 2. The van der Waals surface area contributed by atoms with Crippen molar-refractivity contribution in [2.75, 3.05) is 20.6 Å². The fourth-order valence-corrected chi connectivity index (χ4v) is 3.17. The van der Waals surface area contributed by atoms with Crippen molar-refractivity contribution in [2.45, 2.75) is 39.0 Å². The summed E-state index contributed by atoms with van der Waals surface area (Å²) in [6, 6.07) is 18.9. The summed E-state index contributed by atoms with van der Waals surface area (Å²) in [6.07, 6.45) is 0.166. The molecule has 162 valence electrons. The minimum Gasteiger partial charge on any atom is -0.445 e. The normalized spacial score (nSPS) is 13.9. The molecule has 2 amide bonds. The van der Waals surface area contributed by atoms with Crippen LogP contribution in [0.1, 0.15) is 37.4 Å². The molecule has 0 heterocycles. The fraction of sp³-hybridized carbons (Fsp3) is 0.417. The second-order valence-corrected chi connectivity index (χ2v) is 7.70. The van der Waals surface area contributed by atoms with Crippen LogP contribution in [0.3, 0.4) is 0 Å². The topological polar surface area (TPSA) is 70.7 Å². The molecule has 2 aromatic rings. The van der Waals surface area contributed by atoms with Crippen LogP contribution in [0, 0.1) is 5.92 Å². The molecular weight excluding hydrogens is 378 g/mol. The van der Waals surface area contributed by atoms with Crippen LogP contribution in [0.4, 0.5) is 4.79 Å². The molecule has 0 fully saturated rings. The van der Waals surface area contributed by atoms with Gasteiger partial charge in [-0.1, -0.05) is 80.9 Å². The van der Waals surface area contributed by atoms with Crippen LogP contribution in [0.5, 0.6) is 0 Å². The van der Waals surface area contributed by atoms with Crippen molar-refractivity contribution in [2.24, 2.45) is 5.92 Å². The van der Waals surface area contributed by atoms with Crippen LogP contribution in [0.15, 0.2) is 60.7 Å². The Morgan fingerprint density at radius 2 is 1.60 bits per heavy atom. The highest BCUT2D eigenvalue weighted by Gasteiger charge is 2.27. The highest BCUT2D eigenvalue weighted by atomic mass is 16.5. The maximum atomic E-state index is 12.9. The number of carbonyl (C=O) groups is 2. The summed E-state index contributed by atoms with van der Waals surface area (Å²) in [5, 5.41) is 5.75. The maximum Gasteiger partial charge on any atom is 0.408 e. The molecule has 2 N–H and O–H groups in total. The van der Waals surface area contributed by atoms with Crippen molar-refractivity contribution >= 4 is 12.0 Å². The third-order valence-corrected chi connectivity index (χ3v) is 5.26. The smallest absolute Gasteiger partial charge is 0.408 e. The Morgan fingerprint density at radius 1 is 1.00 bits per heavy atom. The molecule has 0 aromatic heterocycles. The van der Waals surface area contributed by atoms with E-state index in [2.05, 4.69) is 15.5 Å². The van der Waals surface area contributed by atoms with Gasteiger partial charge in [0.05, 0.1) is 6.04 Å². The zero-order chi connectivity index (χ0) is 21.9.